The van der Waals surface area contributed by atoms with E-state index in [1.807, 2.05) is 12.4 Å². The molecule has 1 aliphatic heterocycles. The second kappa shape index (κ2) is 4.79. The van der Waals surface area contributed by atoms with Crippen molar-refractivity contribution in [3.63, 3.8) is 0 Å². The first kappa shape index (κ1) is 10.7. The minimum absolute atomic E-state index is 0.921. The van der Waals surface area contributed by atoms with Crippen LogP contribution in [0.4, 0.5) is 5.69 Å². The van der Waals surface area contributed by atoms with E-state index in [2.05, 4.69) is 60.3 Å². The molecule has 0 unspecified atom stereocenters. The van der Waals surface area contributed by atoms with Gasteiger partial charge >= 0.3 is 0 Å². The molecule has 2 heteroatoms. The molecule has 1 aromatic carbocycles. The van der Waals surface area contributed by atoms with E-state index < -0.39 is 0 Å². The zero-order valence-corrected chi connectivity index (χ0v) is 9.72. The average molecular weight is 212 g/mol. The highest BCUT2D eigenvalue weighted by atomic mass is 15.1. The highest BCUT2D eigenvalue weighted by Gasteiger charge is 2.07. The number of rotatable bonds is 2. The fraction of sp³-hybridized carbons (Fsp3) is 0.214. The van der Waals surface area contributed by atoms with Crippen molar-refractivity contribution in [1.82, 2.24) is 0 Å². The fourth-order valence-electron chi connectivity index (χ4n) is 1.82. The van der Waals surface area contributed by atoms with Gasteiger partial charge in [0.2, 0.25) is 0 Å². The van der Waals surface area contributed by atoms with Crippen LogP contribution in [0.1, 0.15) is 12.0 Å². The molecule has 1 aromatic rings. The van der Waals surface area contributed by atoms with E-state index >= 15 is 0 Å². The summed E-state index contributed by atoms with van der Waals surface area (Å²) in [6.07, 6.45) is 8.74. The lowest BCUT2D eigenvalue weighted by Gasteiger charge is -2.23. The Labute approximate surface area is 96.6 Å². The summed E-state index contributed by atoms with van der Waals surface area (Å²) in [6, 6.07) is 8.41. The lowest BCUT2D eigenvalue weighted by molar-refractivity contribution is 1.02. The molecule has 1 heterocycles. The first-order valence-electron chi connectivity index (χ1n) is 5.46. The Morgan fingerprint density at radius 1 is 1.25 bits per heavy atom. The smallest absolute Gasteiger partial charge is 0.0435 e. The number of hydrogen-bond donors (Lipinski definition) is 0. The van der Waals surface area contributed by atoms with Gasteiger partial charge in [-0.2, -0.15) is 0 Å². The monoisotopic (exact) mass is 212 g/mol. The number of benzene rings is 1. The summed E-state index contributed by atoms with van der Waals surface area (Å²) in [5.41, 5.74) is 3.79. The largest absolute Gasteiger partial charge is 0.348 e. The molecule has 0 amide bonds. The molecule has 0 aliphatic carbocycles. The van der Waals surface area contributed by atoms with Gasteiger partial charge in [-0.3, -0.25) is 4.99 Å². The van der Waals surface area contributed by atoms with Crippen LogP contribution in [0.3, 0.4) is 0 Å². The van der Waals surface area contributed by atoms with Gasteiger partial charge in [0.1, 0.15) is 0 Å². The van der Waals surface area contributed by atoms with Crippen molar-refractivity contribution in [2.24, 2.45) is 4.99 Å². The molecule has 16 heavy (non-hydrogen) atoms. The Bertz CT molecular complexity index is 456. The van der Waals surface area contributed by atoms with Crippen molar-refractivity contribution in [1.29, 1.82) is 0 Å². The molecule has 0 aromatic heterocycles. The van der Waals surface area contributed by atoms with Crippen LogP contribution in [0.15, 0.2) is 53.3 Å². The lowest BCUT2D eigenvalue weighted by atomic mass is 10.1. The van der Waals surface area contributed by atoms with Crippen LogP contribution in [0.5, 0.6) is 0 Å². The Kier molecular flexibility index (Phi) is 3.20. The highest BCUT2D eigenvalue weighted by molar-refractivity contribution is 5.75. The van der Waals surface area contributed by atoms with E-state index in [1.54, 1.807) is 0 Å². The van der Waals surface area contributed by atoms with Gasteiger partial charge in [0.05, 0.1) is 0 Å². The summed E-state index contributed by atoms with van der Waals surface area (Å²) < 4.78 is 0. The minimum atomic E-state index is 0.921. The first-order valence-corrected chi connectivity index (χ1v) is 5.46. The average Bonchev–Trinajstić information content (AvgIpc) is 2.57. The maximum atomic E-state index is 4.11. The van der Waals surface area contributed by atoms with E-state index in [0.29, 0.717) is 0 Å². The number of anilines is 1. The zero-order valence-electron chi connectivity index (χ0n) is 9.72. The third kappa shape index (κ3) is 2.22. The van der Waals surface area contributed by atoms with Gasteiger partial charge in [0.15, 0.2) is 0 Å². The molecular formula is C14H16N2. The highest BCUT2D eigenvalue weighted by Crippen LogP contribution is 2.23. The number of para-hydroxylation sites is 1. The van der Waals surface area contributed by atoms with E-state index in [1.165, 1.54) is 16.9 Å². The quantitative estimate of drug-likeness (QED) is 0.734. The third-order valence-corrected chi connectivity index (χ3v) is 2.78. The summed E-state index contributed by atoms with van der Waals surface area (Å²) in [5, 5.41) is 0. The molecule has 82 valence electrons. The summed E-state index contributed by atoms with van der Waals surface area (Å²) in [6.45, 7) is 2.13. The van der Waals surface area contributed by atoms with Crippen molar-refractivity contribution in [3.8, 4) is 0 Å². The van der Waals surface area contributed by atoms with Gasteiger partial charge in [0, 0.05) is 37.3 Å². The predicted molar refractivity (Wildman–Crippen MR) is 69.9 cm³/mol. The molecule has 2 rings (SSSR count). The van der Waals surface area contributed by atoms with Gasteiger partial charge in [-0.15, -0.1) is 0 Å². The Balaban J connectivity index is 2.29. The maximum Gasteiger partial charge on any atom is 0.0435 e. The van der Waals surface area contributed by atoms with E-state index in [0.717, 1.165) is 6.42 Å². The number of hydrogen-bond acceptors (Lipinski definition) is 2. The molecule has 0 saturated carbocycles. The number of aryl methyl sites for hydroxylation is 1. The molecular weight excluding hydrogens is 196 g/mol. The van der Waals surface area contributed by atoms with Gasteiger partial charge in [-0.1, -0.05) is 24.3 Å². The van der Waals surface area contributed by atoms with E-state index in [-0.39, 0.29) is 0 Å². The van der Waals surface area contributed by atoms with Gasteiger partial charge in [-0.25, -0.2) is 0 Å². The second-order valence-corrected chi connectivity index (χ2v) is 3.89. The number of allylic oxidation sites excluding steroid dienone is 2. The summed E-state index contributed by atoms with van der Waals surface area (Å²) in [5.74, 6) is 0. The van der Waals surface area contributed by atoms with Gasteiger partial charge in [0.25, 0.3) is 0 Å². The first-order chi connectivity index (χ1) is 7.79. The molecule has 0 N–H and O–H groups in total. The molecule has 0 bridgehead atoms. The van der Waals surface area contributed by atoms with Crippen LogP contribution in [0, 0.1) is 6.92 Å². The van der Waals surface area contributed by atoms with Crippen LogP contribution in [-0.2, 0) is 0 Å². The minimum Gasteiger partial charge on any atom is -0.348 e. The van der Waals surface area contributed by atoms with Crippen molar-refractivity contribution in [2.45, 2.75) is 13.3 Å². The van der Waals surface area contributed by atoms with Crippen LogP contribution < -0.4 is 4.90 Å². The van der Waals surface area contributed by atoms with Crippen molar-refractivity contribution < 1.29 is 0 Å². The third-order valence-electron chi connectivity index (χ3n) is 2.78. The van der Waals surface area contributed by atoms with Gasteiger partial charge in [-0.05, 0) is 24.6 Å². The number of nitrogens with zero attached hydrogens (tertiary/aromatic N) is 2. The standard InChI is InChI=1S/C14H16N2/c1-12-6-3-4-8-14(12)16(2)13-7-5-10-15-11-9-13/h3-6,8-11H,7H2,1-2H3. The molecule has 1 aliphatic rings. The molecule has 0 saturated heterocycles. The molecule has 0 spiro atoms. The zero-order chi connectivity index (χ0) is 11.4. The SMILES string of the molecule is Cc1ccccc1N(C)C1=CC=NC=CC1. The van der Waals surface area contributed by atoms with Crippen LogP contribution in [0.25, 0.3) is 0 Å². The Hall–Kier alpha value is -1.83. The van der Waals surface area contributed by atoms with Crippen molar-refractivity contribution in [3.05, 3.63) is 53.9 Å². The normalized spacial score (nSPS) is 14.5. The fourth-order valence-corrected chi connectivity index (χ4v) is 1.82. The summed E-state index contributed by atoms with van der Waals surface area (Å²) in [4.78, 5) is 6.33. The van der Waals surface area contributed by atoms with Crippen LogP contribution >= 0.6 is 0 Å². The Morgan fingerprint density at radius 2 is 2.06 bits per heavy atom. The van der Waals surface area contributed by atoms with Gasteiger partial charge < -0.3 is 4.90 Å². The van der Waals surface area contributed by atoms with Crippen molar-refractivity contribution >= 4 is 11.9 Å². The maximum absolute atomic E-state index is 4.11. The van der Waals surface area contributed by atoms with E-state index in [4.69, 9.17) is 0 Å². The molecule has 0 radical (unpaired) electrons. The van der Waals surface area contributed by atoms with E-state index in [9.17, 15) is 0 Å². The number of aliphatic imine (C=N–C) groups is 1. The topological polar surface area (TPSA) is 15.6 Å². The molecule has 2 nitrogen and oxygen atoms in total. The second-order valence-electron chi connectivity index (χ2n) is 3.89. The Morgan fingerprint density at radius 3 is 2.88 bits per heavy atom. The van der Waals surface area contributed by atoms with Crippen molar-refractivity contribution in [2.75, 3.05) is 11.9 Å². The molecule has 0 atom stereocenters. The summed E-state index contributed by atoms with van der Waals surface area (Å²) in [7, 11) is 2.10. The van der Waals surface area contributed by atoms with Crippen LogP contribution in [0.2, 0.25) is 0 Å². The van der Waals surface area contributed by atoms with Crippen LogP contribution in [-0.4, -0.2) is 13.3 Å². The predicted octanol–water partition coefficient (Wildman–Crippen LogP) is 3.30. The summed E-state index contributed by atoms with van der Waals surface area (Å²) >= 11 is 0. The lowest BCUT2D eigenvalue weighted by Crippen LogP contribution is -2.17. The molecule has 0 fully saturated rings.